The first kappa shape index (κ1) is 14.8. The van der Waals surface area contributed by atoms with Gasteiger partial charge < -0.3 is 19.5 Å². The number of nitrogens with one attached hydrogen (secondary N) is 1. The van der Waals surface area contributed by atoms with Crippen molar-refractivity contribution in [1.82, 2.24) is 5.32 Å². The van der Waals surface area contributed by atoms with Crippen LogP contribution in [0.5, 0.6) is 0 Å². The fourth-order valence-corrected chi connectivity index (χ4v) is 1.09. The average Bonchev–Trinajstić information content (AvgIpc) is 2.24. The lowest BCUT2D eigenvalue weighted by molar-refractivity contribution is 0.0125. The predicted octanol–water partition coefficient (Wildman–Crippen LogP) is 1.05. The summed E-state index contributed by atoms with van der Waals surface area (Å²) in [6.45, 7) is 8.82. The minimum absolute atomic E-state index is 0.229. The van der Waals surface area contributed by atoms with Crippen molar-refractivity contribution in [2.45, 2.75) is 26.4 Å². The van der Waals surface area contributed by atoms with Gasteiger partial charge in [0, 0.05) is 26.8 Å². The van der Waals surface area contributed by atoms with Gasteiger partial charge in [-0.2, -0.15) is 0 Å². The van der Waals surface area contributed by atoms with Crippen molar-refractivity contribution in [1.29, 1.82) is 0 Å². The van der Waals surface area contributed by atoms with Gasteiger partial charge in [0.2, 0.25) is 0 Å². The van der Waals surface area contributed by atoms with Gasteiger partial charge in [-0.05, 0) is 13.3 Å². The Morgan fingerprint density at radius 3 is 2.60 bits per heavy atom. The highest BCUT2D eigenvalue weighted by atomic mass is 16.5. The molecule has 0 aliphatic heterocycles. The third kappa shape index (κ3) is 11.8. The molecule has 0 aliphatic rings. The maximum absolute atomic E-state index is 5.54. The highest BCUT2D eigenvalue weighted by Gasteiger charge is 2.00. The molecule has 15 heavy (non-hydrogen) atoms. The van der Waals surface area contributed by atoms with Gasteiger partial charge in [-0.1, -0.05) is 6.92 Å². The summed E-state index contributed by atoms with van der Waals surface area (Å²) in [5.41, 5.74) is 0. The number of hydrogen-bond acceptors (Lipinski definition) is 4. The van der Waals surface area contributed by atoms with Crippen LogP contribution in [0, 0.1) is 0 Å². The maximum Gasteiger partial charge on any atom is 0.0704 e. The van der Waals surface area contributed by atoms with Crippen LogP contribution in [0.3, 0.4) is 0 Å². The fraction of sp³-hybridized carbons (Fsp3) is 1.00. The van der Waals surface area contributed by atoms with E-state index in [-0.39, 0.29) is 6.10 Å². The molecule has 1 N–H and O–H groups in total. The first-order valence-corrected chi connectivity index (χ1v) is 5.70. The minimum Gasteiger partial charge on any atom is -0.383 e. The molecule has 0 rings (SSSR count). The van der Waals surface area contributed by atoms with Crippen LogP contribution in [-0.4, -0.2) is 52.7 Å². The number of methoxy groups -OCH3 is 1. The van der Waals surface area contributed by atoms with Crippen molar-refractivity contribution in [3.05, 3.63) is 0 Å². The molecule has 1 unspecified atom stereocenters. The molecule has 1 atom stereocenters. The van der Waals surface area contributed by atoms with Crippen LogP contribution in [0.25, 0.3) is 0 Å². The van der Waals surface area contributed by atoms with Crippen LogP contribution in [0.2, 0.25) is 0 Å². The van der Waals surface area contributed by atoms with Crippen LogP contribution < -0.4 is 5.32 Å². The summed E-state index contributed by atoms with van der Waals surface area (Å²) in [7, 11) is 1.70. The molecule has 0 bridgehead atoms. The van der Waals surface area contributed by atoms with Gasteiger partial charge in [0.1, 0.15) is 0 Å². The van der Waals surface area contributed by atoms with E-state index in [9.17, 15) is 0 Å². The van der Waals surface area contributed by atoms with E-state index >= 15 is 0 Å². The molecule has 0 spiro atoms. The zero-order chi connectivity index (χ0) is 11.4. The molecular formula is C11H25NO3. The Morgan fingerprint density at radius 2 is 1.93 bits per heavy atom. The molecule has 0 radical (unpaired) electrons. The molecule has 0 aromatic rings. The van der Waals surface area contributed by atoms with Gasteiger partial charge in [-0.15, -0.1) is 0 Å². The first-order chi connectivity index (χ1) is 7.31. The largest absolute Gasteiger partial charge is 0.383 e. The van der Waals surface area contributed by atoms with Crippen LogP contribution in [0.1, 0.15) is 20.3 Å². The van der Waals surface area contributed by atoms with E-state index in [4.69, 9.17) is 14.2 Å². The van der Waals surface area contributed by atoms with Crippen molar-refractivity contribution in [2.24, 2.45) is 0 Å². The number of rotatable bonds is 11. The topological polar surface area (TPSA) is 39.7 Å². The second kappa shape index (κ2) is 11.9. The van der Waals surface area contributed by atoms with Crippen LogP contribution >= 0.6 is 0 Å². The molecule has 0 aromatic carbocycles. The van der Waals surface area contributed by atoms with Gasteiger partial charge in [-0.3, -0.25) is 0 Å². The molecule has 0 heterocycles. The molecule has 0 saturated heterocycles. The second-order valence-electron chi connectivity index (χ2n) is 3.49. The van der Waals surface area contributed by atoms with Gasteiger partial charge >= 0.3 is 0 Å². The number of hydrogen-bond donors (Lipinski definition) is 1. The zero-order valence-electron chi connectivity index (χ0n) is 10.3. The molecular weight excluding hydrogens is 194 g/mol. The third-order valence-electron chi connectivity index (χ3n) is 1.89. The molecule has 0 aliphatic carbocycles. The van der Waals surface area contributed by atoms with E-state index in [0.29, 0.717) is 13.2 Å². The number of ether oxygens (including phenoxy) is 3. The predicted molar refractivity (Wildman–Crippen MR) is 61.3 cm³/mol. The quantitative estimate of drug-likeness (QED) is 0.527. The Hall–Kier alpha value is -0.160. The van der Waals surface area contributed by atoms with E-state index < -0.39 is 0 Å². The maximum atomic E-state index is 5.54. The second-order valence-corrected chi connectivity index (χ2v) is 3.49. The van der Waals surface area contributed by atoms with Crippen molar-refractivity contribution < 1.29 is 14.2 Å². The van der Waals surface area contributed by atoms with E-state index in [1.807, 2.05) is 0 Å². The van der Waals surface area contributed by atoms with E-state index in [1.165, 1.54) is 0 Å². The van der Waals surface area contributed by atoms with Gasteiger partial charge in [0.15, 0.2) is 0 Å². The SMILES string of the molecule is CCCOCCOC(C)CNCCOC. The van der Waals surface area contributed by atoms with E-state index in [2.05, 4.69) is 19.2 Å². The Bertz CT molecular complexity index is 122. The Kier molecular flexibility index (Phi) is 11.8. The normalized spacial score (nSPS) is 13.0. The van der Waals surface area contributed by atoms with E-state index in [0.717, 1.165) is 32.7 Å². The summed E-state index contributed by atoms with van der Waals surface area (Å²) in [6, 6.07) is 0. The summed E-state index contributed by atoms with van der Waals surface area (Å²) in [5.74, 6) is 0. The Labute approximate surface area is 93.3 Å². The van der Waals surface area contributed by atoms with Crippen molar-refractivity contribution in [2.75, 3.05) is 46.6 Å². The summed E-state index contributed by atoms with van der Waals surface area (Å²) < 4.78 is 15.8. The van der Waals surface area contributed by atoms with Crippen molar-refractivity contribution >= 4 is 0 Å². The molecule has 0 saturated carbocycles. The highest BCUT2D eigenvalue weighted by Crippen LogP contribution is 1.89. The van der Waals surface area contributed by atoms with Gasteiger partial charge in [0.25, 0.3) is 0 Å². The fourth-order valence-electron chi connectivity index (χ4n) is 1.09. The smallest absolute Gasteiger partial charge is 0.0704 e. The lowest BCUT2D eigenvalue weighted by Gasteiger charge is -2.13. The van der Waals surface area contributed by atoms with Crippen molar-refractivity contribution in [3.63, 3.8) is 0 Å². The molecule has 0 fully saturated rings. The van der Waals surface area contributed by atoms with Crippen LogP contribution in [0.4, 0.5) is 0 Å². The lowest BCUT2D eigenvalue weighted by atomic mass is 10.4. The molecule has 0 amide bonds. The van der Waals surface area contributed by atoms with Crippen molar-refractivity contribution in [3.8, 4) is 0 Å². The summed E-state index contributed by atoms with van der Waals surface area (Å²) in [6.07, 6.45) is 1.29. The monoisotopic (exact) mass is 219 g/mol. The van der Waals surface area contributed by atoms with E-state index in [1.54, 1.807) is 7.11 Å². The Morgan fingerprint density at radius 1 is 1.13 bits per heavy atom. The van der Waals surface area contributed by atoms with Gasteiger partial charge in [-0.25, -0.2) is 0 Å². The third-order valence-corrected chi connectivity index (χ3v) is 1.89. The van der Waals surface area contributed by atoms with Crippen LogP contribution in [-0.2, 0) is 14.2 Å². The summed E-state index contributed by atoms with van der Waals surface area (Å²) in [4.78, 5) is 0. The average molecular weight is 219 g/mol. The summed E-state index contributed by atoms with van der Waals surface area (Å²) in [5, 5.41) is 3.25. The molecule has 0 aromatic heterocycles. The molecule has 92 valence electrons. The zero-order valence-corrected chi connectivity index (χ0v) is 10.3. The standard InChI is InChI=1S/C11H25NO3/c1-4-6-14-8-9-15-11(2)10-12-5-7-13-3/h11-12H,4-10H2,1-3H3. The summed E-state index contributed by atoms with van der Waals surface area (Å²) >= 11 is 0. The Balaban J connectivity index is 3.08. The first-order valence-electron chi connectivity index (χ1n) is 5.70. The molecule has 4 nitrogen and oxygen atoms in total. The lowest BCUT2D eigenvalue weighted by Crippen LogP contribution is -2.30. The minimum atomic E-state index is 0.229. The van der Waals surface area contributed by atoms with Gasteiger partial charge in [0.05, 0.1) is 25.9 Å². The molecule has 4 heteroatoms. The van der Waals surface area contributed by atoms with Crippen LogP contribution in [0.15, 0.2) is 0 Å². The highest BCUT2D eigenvalue weighted by molar-refractivity contribution is 4.54.